The van der Waals surface area contributed by atoms with Gasteiger partial charge in [0.15, 0.2) is 0 Å². The third-order valence-corrected chi connectivity index (χ3v) is 5.38. The fourth-order valence-corrected chi connectivity index (χ4v) is 4.14. The molecule has 1 aromatic heterocycles. The molecule has 24 heavy (non-hydrogen) atoms. The standard InChI is InChI=1S/C17H17Cl2N3O2/c1-22-16-10(3-5-23)8-21-13(24)7-11(16)14-9(2-4-20)6-12(18)15(19)17(14)22/h6,10,23H,2-3,5,7-8H2,1H3,(H,21,24)/t10-/m0/s1. The van der Waals surface area contributed by atoms with Crippen LogP contribution < -0.4 is 5.32 Å². The zero-order valence-corrected chi connectivity index (χ0v) is 14.7. The van der Waals surface area contributed by atoms with Crippen LogP contribution in [0.1, 0.15) is 29.2 Å². The average Bonchev–Trinajstić information content (AvgIpc) is 2.71. The second-order valence-corrected chi connectivity index (χ2v) is 6.79. The van der Waals surface area contributed by atoms with Gasteiger partial charge in [-0.15, -0.1) is 0 Å². The lowest BCUT2D eigenvalue weighted by Crippen LogP contribution is -2.27. The summed E-state index contributed by atoms with van der Waals surface area (Å²) in [6, 6.07) is 3.86. The largest absolute Gasteiger partial charge is 0.396 e. The molecular weight excluding hydrogens is 349 g/mol. The van der Waals surface area contributed by atoms with Crippen molar-refractivity contribution in [2.75, 3.05) is 13.2 Å². The van der Waals surface area contributed by atoms with Crippen molar-refractivity contribution in [3.63, 3.8) is 0 Å². The predicted molar refractivity (Wildman–Crippen MR) is 93.4 cm³/mol. The van der Waals surface area contributed by atoms with E-state index in [9.17, 15) is 9.90 Å². The van der Waals surface area contributed by atoms with Gasteiger partial charge in [0.25, 0.3) is 0 Å². The lowest BCUT2D eigenvalue weighted by atomic mass is 9.95. The van der Waals surface area contributed by atoms with E-state index in [0.29, 0.717) is 23.0 Å². The maximum absolute atomic E-state index is 12.2. The van der Waals surface area contributed by atoms with Crippen molar-refractivity contribution in [3.8, 4) is 6.07 Å². The highest BCUT2D eigenvalue weighted by Gasteiger charge is 2.30. The Morgan fingerprint density at radius 3 is 2.92 bits per heavy atom. The predicted octanol–water partition coefficient (Wildman–Crippen LogP) is 2.69. The van der Waals surface area contributed by atoms with Crippen molar-refractivity contribution in [1.82, 2.24) is 9.88 Å². The second-order valence-electron chi connectivity index (χ2n) is 6.00. The van der Waals surface area contributed by atoms with E-state index < -0.39 is 0 Å². The highest BCUT2D eigenvalue weighted by atomic mass is 35.5. The molecule has 1 aliphatic rings. The van der Waals surface area contributed by atoms with Gasteiger partial charge in [0.05, 0.1) is 34.5 Å². The normalized spacial score (nSPS) is 17.3. The van der Waals surface area contributed by atoms with E-state index in [1.165, 1.54) is 0 Å². The Labute approximate surface area is 149 Å². The van der Waals surface area contributed by atoms with Crippen LogP contribution in [-0.4, -0.2) is 28.7 Å². The van der Waals surface area contributed by atoms with Crippen molar-refractivity contribution < 1.29 is 9.90 Å². The molecule has 0 radical (unpaired) electrons. The molecule has 0 aliphatic carbocycles. The maximum Gasteiger partial charge on any atom is 0.224 e. The molecule has 2 N–H and O–H groups in total. The van der Waals surface area contributed by atoms with E-state index in [2.05, 4.69) is 11.4 Å². The number of benzene rings is 1. The van der Waals surface area contributed by atoms with Gasteiger partial charge in [-0.2, -0.15) is 5.26 Å². The fourth-order valence-electron chi connectivity index (χ4n) is 3.64. The molecule has 1 atom stereocenters. The summed E-state index contributed by atoms with van der Waals surface area (Å²) < 4.78 is 1.96. The SMILES string of the molecule is Cn1c2c(c3c(CC#N)cc(Cl)c(Cl)c31)CC(=O)NC[C@@H]2CCO. The molecule has 0 spiro atoms. The minimum atomic E-state index is -0.0711. The highest BCUT2D eigenvalue weighted by Crippen LogP contribution is 2.41. The second kappa shape index (κ2) is 6.64. The van der Waals surface area contributed by atoms with Crippen molar-refractivity contribution in [3.05, 3.63) is 32.9 Å². The quantitative estimate of drug-likeness (QED) is 0.877. The smallest absolute Gasteiger partial charge is 0.224 e. The molecule has 126 valence electrons. The summed E-state index contributed by atoms with van der Waals surface area (Å²) in [6.45, 7) is 0.497. The van der Waals surface area contributed by atoms with E-state index in [0.717, 1.165) is 27.7 Å². The van der Waals surface area contributed by atoms with E-state index in [-0.39, 0.29) is 31.3 Å². The Morgan fingerprint density at radius 1 is 1.50 bits per heavy atom. The molecule has 0 fully saturated rings. The Kier molecular flexibility index (Phi) is 4.73. The number of nitrogens with zero attached hydrogens (tertiary/aromatic N) is 2. The first-order valence-corrected chi connectivity index (χ1v) is 8.47. The molecule has 1 amide bonds. The van der Waals surface area contributed by atoms with Crippen molar-refractivity contribution in [2.24, 2.45) is 7.05 Å². The summed E-state index contributed by atoms with van der Waals surface area (Å²) >= 11 is 12.7. The van der Waals surface area contributed by atoms with Gasteiger partial charge in [0, 0.05) is 37.2 Å². The summed E-state index contributed by atoms with van der Waals surface area (Å²) in [5, 5.41) is 23.1. The average molecular weight is 366 g/mol. The number of aryl methyl sites for hydroxylation is 1. The van der Waals surface area contributed by atoms with Gasteiger partial charge in [-0.25, -0.2) is 0 Å². The van der Waals surface area contributed by atoms with Gasteiger partial charge in [-0.05, 0) is 23.6 Å². The zero-order valence-electron chi connectivity index (χ0n) is 13.2. The summed E-state index contributed by atoms with van der Waals surface area (Å²) in [4.78, 5) is 12.2. The van der Waals surface area contributed by atoms with Crippen LogP contribution in [0.3, 0.4) is 0 Å². The first kappa shape index (κ1) is 17.1. The maximum atomic E-state index is 12.2. The number of carbonyl (C=O) groups excluding carboxylic acids is 1. The monoisotopic (exact) mass is 365 g/mol. The fraction of sp³-hybridized carbons (Fsp3) is 0.412. The Balaban J connectivity index is 2.40. The molecule has 0 saturated carbocycles. The van der Waals surface area contributed by atoms with Crippen molar-refractivity contribution >= 4 is 40.0 Å². The number of aromatic nitrogens is 1. The summed E-state index contributed by atoms with van der Waals surface area (Å²) in [6.07, 6.45) is 0.956. The Bertz CT molecular complexity index is 867. The molecule has 5 nitrogen and oxygen atoms in total. The number of fused-ring (bicyclic) bond motifs is 3. The van der Waals surface area contributed by atoms with Crippen molar-refractivity contribution in [1.29, 1.82) is 5.26 Å². The Hall–Kier alpha value is -1.74. The molecule has 0 unspecified atom stereocenters. The third-order valence-electron chi connectivity index (χ3n) is 4.60. The highest BCUT2D eigenvalue weighted by molar-refractivity contribution is 6.45. The molecule has 0 bridgehead atoms. The number of nitrogens with one attached hydrogen (secondary N) is 1. The first-order chi connectivity index (χ1) is 11.5. The number of carbonyl (C=O) groups is 1. The number of hydrogen-bond acceptors (Lipinski definition) is 3. The van der Waals surface area contributed by atoms with Crippen LogP contribution >= 0.6 is 23.2 Å². The lowest BCUT2D eigenvalue weighted by molar-refractivity contribution is -0.120. The molecule has 2 heterocycles. The van der Waals surface area contributed by atoms with Crippen LogP contribution in [0, 0.1) is 11.3 Å². The minimum Gasteiger partial charge on any atom is -0.396 e. The summed E-state index contributed by atoms with van der Waals surface area (Å²) in [7, 11) is 1.89. The summed E-state index contributed by atoms with van der Waals surface area (Å²) in [5.41, 5.74) is 3.37. The minimum absolute atomic E-state index is 0.0152. The van der Waals surface area contributed by atoms with Crippen LogP contribution in [0.2, 0.25) is 10.0 Å². The van der Waals surface area contributed by atoms with Gasteiger partial charge >= 0.3 is 0 Å². The van der Waals surface area contributed by atoms with Gasteiger partial charge in [0.2, 0.25) is 5.91 Å². The molecule has 3 rings (SSSR count). The molecular formula is C17H17Cl2N3O2. The van der Waals surface area contributed by atoms with Gasteiger partial charge in [0.1, 0.15) is 0 Å². The van der Waals surface area contributed by atoms with Gasteiger partial charge in [-0.3, -0.25) is 4.79 Å². The van der Waals surface area contributed by atoms with Gasteiger partial charge < -0.3 is 15.0 Å². The lowest BCUT2D eigenvalue weighted by Gasteiger charge is -2.16. The van der Waals surface area contributed by atoms with Crippen LogP contribution in [0.15, 0.2) is 6.07 Å². The number of halogens is 2. The zero-order chi connectivity index (χ0) is 17.4. The molecule has 1 aromatic carbocycles. The number of amides is 1. The first-order valence-electron chi connectivity index (χ1n) is 7.72. The molecule has 1 aliphatic heterocycles. The van der Waals surface area contributed by atoms with E-state index in [1.807, 2.05) is 11.6 Å². The molecule has 2 aromatic rings. The topological polar surface area (TPSA) is 78.0 Å². The third kappa shape index (κ3) is 2.65. The number of aliphatic hydroxyl groups excluding tert-OH is 1. The molecule has 7 heteroatoms. The van der Waals surface area contributed by atoms with Gasteiger partial charge in [-0.1, -0.05) is 23.2 Å². The summed E-state index contributed by atoms with van der Waals surface area (Å²) in [5.74, 6) is -0.0863. The van der Waals surface area contributed by atoms with Crippen LogP contribution in [0.4, 0.5) is 0 Å². The number of aliphatic hydroxyl groups is 1. The van der Waals surface area contributed by atoms with Crippen molar-refractivity contribution in [2.45, 2.75) is 25.2 Å². The number of rotatable bonds is 3. The van der Waals surface area contributed by atoms with Crippen LogP contribution in [-0.2, 0) is 24.7 Å². The van der Waals surface area contributed by atoms with Crippen LogP contribution in [0.25, 0.3) is 10.9 Å². The van der Waals surface area contributed by atoms with E-state index in [4.69, 9.17) is 28.5 Å². The number of hydrogen-bond donors (Lipinski definition) is 2. The van der Waals surface area contributed by atoms with Crippen LogP contribution in [0.5, 0.6) is 0 Å². The molecule has 0 saturated heterocycles. The van der Waals surface area contributed by atoms with E-state index in [1.54, 1.807) is 6.07 Å². The Morgan fingerprint density at radius 2 is 2.25 bits per heavy atom. The number of nitriles is 1. The van der Waals surface area contributed by atoms with E-state index >= 15 is 0 Å².